The van der Waals surface area contributed by atoms with Crippen LogP contribution in [0.15, 0.2) is 48.5 Å². The number of piperidine rings is 1. The van der Waals surface area contributed by atoms with Crippen LogP contribution < -0.4 is 5.32 Å². The number of imidazole rings is 1. The van der Waals surface area contributed by atoms with Gasteiger partial charge in [-0.05, 0) is 68.2 Å². The van der Waals surface area contributed by atoms with Crippen molar-refractivity contribution in [3.8, 4) is 0 Å². The van der Waals surface area contributed by atoms with E-state index in [2.05, 4.69) is 10.3 Å². The second-order valence-electron chi connectivity index (χ2n) is 7.81. The van der Waals surface area contributed by atoms with E-state index in [0.29, 0.717) is 34.8 Å². The maximum atomic E-state index is 13.5. The number of rotatable bonds is 5. The fourth-order valence-corrected chi connectivity index (χ4v) is 4.12. The topological polar surface area (TPSA) is 50.2 Å². The zero-order valence-corrected chi connectivity index (χ0v) is 17.5. The van der Waals surface area contributed by atoms with Gasteiger partial charge >= 0.3 is 6.18 Å². The second kappa shape index (κ2) is 8.88. The van der Waals surface area contributed by atoms with Gasteiger partial charge in [-0.25, -0.2) is 4.98 Å². The van der Waals surface area contributed by atoms with Gasteiger partial charge in [-0.2, -0.15) is 13.2 Å². The molecule has 0 atom stereocenters. The van der Waals surface area contributed by atoms with Gasteiger partial charge in [0.05, 0.1) is 17.6 Å². The van der Waals surface area contributed by atoms with Crippen molar-refractivity contribution < 1.29 is 18.0 Å². The molecule has 4 rings (SSSR count). The quantitative estimate of drug-likeness (QED) is 0.591. The lowest BCUT2D eigenvalue weighted by Gasteiger charge is -2.32. The first-order valence-electron chi connectivity index (χ1n) is 10.1. The lowest BCUT2D eigenvalue weighted by molar-refractivity contribution is -0.147. The van der Waals surface area contributed by atoms with Crippen LogP contribution in [0.4, 0.5) is 18.9 Å². The first-order valence-corrected chi connectivity index (χ1v) is 10.5. The fourth-order valence-electron chi connectivity index (χ4n) is 4.00. The molecule has 0 aliphatic carbocycles. The molecule has 1 aromatic heterocycles. The summed E-state index contributed by atoms with van der Waals surface area (Å²) in [5.41, 5.74) is 1.53. The highest BCUT2D eigenvalue weighted by Gasteiger charge is 2.38. The summed E-state index contributed by atoms with van der Waals surface area (Å²) >= 11 is 5.85. The van der Waals surface area contributed by atoms with E-state index in [1.165, 1.54) is 4.57 Å². The predicted octanol–water partition coefficient (Wildman–Crippen LogP) is 5.06. The Labute approximate surface area is 182 Å². The molecule has 0 saturated carbocycles. The first-order chi connectivity index (χ1) is 14.8. The van der Waals surface area contributed by atoms with Crippen LogP contribution in [0, 0.1) is 5.92 Å². The normalized spacial score (nSPS) is 16.0. The number of nitrogens with zero attached hydrogens (tertiary/aromatic N) is 3. The standard InChI is InChI=1S/C22H22ClF3N4O/c23-16-5-7-17(8-6-16)27-20(31)14-29-11-9-15(10-12-29)13-30-19-4-2-1-3-18(19)28-21(30)22(24,25)26/h1-8,15H,9-14H2,(H,27,31). The molecule has 1 N–H and O–H groups in total. The molecular weight excluding hydrogens is 429 g/mol. The van der Waals surface area contributed by atoms with Crippen molar-refractivity contribution in [1.29, 1.82) is 0 Å². The Kier molecular flexibility index (Phi) is 6.20. The summed E-state index contributed by atoms with van der Waals surface area (Å²) in [5, 5.41) is 3.43. The molecule has 0 radical (unpaired) electrons. The van der Waals surface area contributed by atoms with Gasteiger partial charge in [-0.1, -0.05) is 23.7 Å². The van der Waals surface area contributed by atoms with E-state index in [4.69, 9.17) is 11.6 Å². The van der Waals surface area contributed by atoms with E-state index in [0.717, 1.165) is 12.8 Å². The van der Waals surface area contributed by atoms with Crippen LogP contribution in [0.2, 0.25) is 5.02 Å². The van der Waals surface area contributed by atoms with Crippen molar-refractivity contribution in [3.05, 3.63) is 59.4 Å². The monoisotopic (exact) mass is 450 g/mol. The zero-order valence-electron chi connectivity index (χ0n) is 16.7. The van der Waals surface area contributed by atoms with Crippen LogP contribution in [0.5, 0.6) is 0 Å². The van der Waals surface area contributed by atoms with Gasteiger partial charge in [-0.3, -0.25) is 9.69 Å². The van der Waals surface area contributed by atoms with E-state index in [1.54, 1.807) is 48.5 Å². The lowest BCUT2D eigenvalue weighted by atomic mass is 9.96. The third-order valence-electron chi connectivity index (χ3n) is 5.55. The van der Waals surface area contributed by atoms with Crippen molar-refractivity contribution in [2.24, 2.45) is 5.92 Å². The smallest absolute Gasteiger partial charge is 0.325 e. The summed E-state index contributed by atoms with van der Waals surface area (Å²) in [6.07, 6.45) is -3.06. The van der Waals surface area contributed by atoms with Crippen LogP contribution >= 0.6 is 11.6 Å². The third-order valence-corrected chi connectivity index (χ3v) is 5.80. The number of alkyl halides is 3. The van der Waals surface area contributed by atoms with Crippen molar-refractivity contribution in [2.75, 3.05) is 25.0 Å². The minimum absolute atomic E-state index is 0.0919. The number of hydrogen-bond acceptors (Lipinski definition) is 3. The number of nitrogens with one attached hydrogen (secondary N) is 1. The maximum absolute atomic E-state index is 13.5. The molecule has 0 bridgehead atoms. The summed E-state index contributed by atoms with van der Waals surface area (Å²) in [7, 11) is 0. The molecule has 1 saturated heterocycles. The van der Waals surface area contributed by atoms with Crippen molar-refractivity contribution in [3.63, 3.8) is 0 Å². The number of anilines is 1. The highest BCUT2D eigenvalue weighted by atomic mass is 35.5. The van der Waals surface area contributed by atoms with Gasteiger partial charge in [0.15, 0.2) is 0 Å². The average Bonchev–Trinajstić information content (AvgIpc) is 3.10. The molecule has 1 fully saturated rings. The van der Waals surface area contributed by atoms with Gasteiger partial charge in [-0.15, -0.1) is 0 Å². The molecule has 1 aliphatic rings. The number of fused-ring (bicyclic) bond motifs is 1. The molecule has 1 amide bonds. The van der Waals surface area contributed by atoms with E-state index >= 15 is 0 Å². The molecule has 1 aliphatic heterocycles. The van der Waals surface area contributed by atoms with E-state index in [-0.39, 0.29) is 24.9 Å². The number of likely N-dealkylation sites (tertiary alicyclic amines) is 1. The minimum Gasteiger partial charge on any atom is -0.325 e. The predicted molar refractivity (Wildman–Crippen MR) is 114 cm³/mol. The number of aromatic nitrogens is 2. The molecule has 9 heteroatoms. The number of hydrogen-bond donors (Lipinski definition) is 1. The Bertz CT molecular complexity index is 1060. The maximum Gasteiger partial charge on any atom is 0.449 e. The van der Waals surface area contributed by atoms with Crippen molar-refractivity contribution >= 4 is 34.2 Å². The Hall–Kier alpha value is -2.58. The molecule has 0 spiro atoms. The Morgan fingerprint density at radius 1 is 1.10 bits per heavy atom. The van der Waals surface area contributed by atoms with Crippen molar-refractivity contribution in [2.45, 2.75) is 25.6 Å². The molecule has 2 heterocycles. The first kappa shape index (κ1) is 21.6. The SMILES string of the molecule is O=C(CN1CCC(Cn2c(C(F)(F)F)nc3ccccc32)CC1)Nc1ccc(Cl)cc1. The summed E-state index contributed by atoms with van der Waals surface area (Å²) in [6, 6.07) is 13.6. The van der Waals surface area contributed by atoms with Crippen LogP contribution in [0.1, 0.15) is 18.7 Å². The Morgan fingerprint density at radius 2 is 1.77 bits per heavy atom. The molecule has 164 valence electrons. The van der Waals surface area contributed by atoms with Gasteiger partial charge in [0.25, 0.3) is 0 Å². The van der Waals surface area contributed by atoms with Crippen LogP contribution in [0.25, 0.3) is 11.0 Å². The van der Waals surface area contributed by atoms with Gasteiger partial charge in [0, 0.05) is 17.3 Å². The van der Waals surface area contributed by atoms with Crippen LogP contribution in [-0.2, 0) is 17.5 Å². The highest BCUT2D eigenvalue weighted by Crippen LogP contribution is 2.33. The number of halogens is 4. The molecule has 31 heavy (non-hydrogen) atoms. The summed E-state index contributed by atoms with van der Waals surface area (Å²) < 4.78 is 41.8. The van der Waals surface area contributed by atoms with Gasteiger partial charge in [0.2, 0.25) is 11.7 Å². The summed E-state index contributed by atoms with van der Waals surface area (Å²) in [4.78, 5) is 18.1. The van der Waals surface area contributed by atoms with Crippen LogP contribution in [0.3, 0.4) is 0 Å². The Balaban J connectivity index is 1.35. The van der Waals surface area contributed by atoms with Gasteiger partial charge in [0.1, 0.15) is 0 Å². The van der Waals surface area contributed by atoms with E-state index in [1.807, 2.05) is 4.90 Å². The Morgan fingerprint density at radius 3 is 2.45 bits per heavy atom. The van der Waals surface area contributed by atoms with Crippen molar-refractivity contribution in [1.82, 2.24) is 14.5 Å². The van der Waals surface area contributed by atoms with Gasteiger partial charge < -0.3 is 9.88 Å². The van der Waals surface area contributed by atoms with E-state index < -0.39 is 12.0 Å². The largest absolute Gasteiger partial charge is 0.449 e. The zero-order chi connectivity index (χ0) is 22.0. The number of para-hydroxylation sites is 2. The fraction of sp³-hybridized carbons (Fsp3) is 0.364. The number of carbonyl (C=O) groups is 1. The highest BCUT2D eigenvalue weighted by molar-refractivity contribution is 6.30. The average molecular weight is 451 g/mol. The lowest BCUT2D eigenvalue weighted by Crippen LogP contribution is -2.40. The molecule has 5 nitrogen and oxygen atoms in total. The number of amides is 1. The number of carbonyl (C=O) groups excluding carboxylic acids is 1. The van der Waals surface area contributed by atoms with Crippen LogP contribution in [-0.4, -0.2) is 40.0 Å². The number of benzene rings is 2. The molecule has 3 aromatic rings. The third kappa shape index (κ3) is 5.19. The summed E-state index contributed by atoms with van der Waals surface area (Å²) in [5.74, 6) is -0.881. The van der Waals surface area contributed by atoms with E-state index in [9.17, 15) is 18.0 Å². The molecule has 0 unspecified atom stereocenters. The molecule has 2 aromatic carbocycles. The summed E-state index contributed by atoms with van der Waals surface area (Å²) in [6.45, 7) is 1.83. The molecular formula is C22H22ClF3N4O. The minimum atomic E-state index is -4.50. The second-order valence-corrected chi connectivity index (χ2v) is 8.24.